The molecule has 0 spiro atoms. The standard InChI is InChI=1S/C37H45N5O2/c1-23-8-12-29(13-9-23)42-34(22-33(40-42)37(2,3)4)39-36(44)38-28-7-5-6-24(18-28)16-26-19-30-14-15-31(20-26)41(30)35(43)32-21-25-10-11-27(32)17-25/h5-13,18,22,25-27,30-32H,14-17,19-21H2,1-4H3,(H2,38,39,44). The Morgan fingerprint density at radius 1 is 0.909 bits per heavy atom. The minimum absolute atomic E-state index is 0.159. The van der Waals surface area contributed by atoms with Crippen LogP contribution in [0.15, 0.2) is 66.7 Å². The van der Waals surface area contributed by atoms with Crippen molar-refractivity contribution in [3.63, 3.8) is 0 Å². The van der Waals surface area contributed by atoms with E-state index in [4.69, 9.17) is 5.10 Å². The number of carbonyl (C=O) groups excluding carboxylic acids is 2. The third-order valence-corrected chi connectivity index (χ3v) is 10.4. The maximum atomic E-state index is 13.6. The SMILES string of the molecule is Cc1ccc(-n2nc(C(C)(C)C)cc2NC(=O)Nc2cccc(CC3CC4CCC(C3)N4C(=O)C3CC4C=CC3C4)c2)cc1. The molecule has 2 aromatic carbocycles. The highest BCUT2D eigenvalue weighted by Crippen LogP contribution is 2.47. The van der Waals surface area contributed by atoms with Gasteiger partial charge in [-0.1, -0.05) is 62.8 Å². The summed E-state index contributed by atoms with van der Waals surface area (Å²) in [5, 5.41) is 10.9. The van der Waals surface area contributed by atoms with Crippen molar-refractivity contribution in [1.82, 2.24) is 14.7 Å². The molecule has 4 aliphatic rings. The molecule has 3 heterocycles. The van der Waals surface area contributed by atoms with Gasteiger partial charge in [-0.05, 0) is 99.5 Å². The summed E-state index contributed by atoms with van der Waals surface area (Å²) >= 11 is 0. The maximum absolute atomic E-state index is 13.6. The van der Waals surface area contributed by atoms with Gasteiger partial charge in [0.05, 0.1) is 11.4 Å². The van der Waals surface area contributed by atoms with E-state index in [9.17, 15) is 9.59 Å². The molecule has 2 N–H and O–H groups in total. The fraction of sp³-hybridized carbons (Fsp3) is 0.486. The molecule has 7 heteroatoms. The zero-order valence-electron chi connectivity index (χ0n) is 26.4. The molecule has 2 aliphatic carbocycles. The number of rotatable bonds is 6. The molecule has 230 valence electrons. The summed E-state index contributed by atoms with van der Waals surface area (Å²) in [6.07, 6.45) is 12.3. The monoisotopic (exact) mass is 591 g/mol. The topological polar surface area (TPSA) is 79.3 Å². The lowest BCUT2D eigenvalue weighted by atomic mass is 9.84. The first-order valence-corrected chi connectivity index (χ1v) is 16.5. The van der Waals surface area contributed by atoms with E-state index in [1.165, 1.54) is 17.5 Å². The Morgan fingerprint density at radius 2 is 1.66 bits per heavy atom. The highest BCUT2D eigenvalue weighted by molar-refractivity contribution is 5.99. The van der Waals surface area contributed by atoms with E-state index >= 15 is 0 Å². The summed E-state index contributed by atoms with van der Waals surface area (Å²) in [7, 11) is 0. The molecule has 7 nitrogen and oxygen atoms in total. The number of nitrogens with zero attached hydrogens (tertiary/aromatic N) is 3. The Labute approximate surface area is 261 Å². The van der Waals surface area contributed by atoms with Crippen LogP contribution in [0.5, 0.6) is 0 Å². The van der Waals surface area contributed by atoms with Crippen LogP contribution < -0.4 is 10.6 Å². The van der Waals surface area contributed by atoms with Crippen molar-refractivity contribution in [1.29, 1.82) is 0 Å². The number of amides is 3. The first-order valence-electron chi connectivity index (χ1n) is 16.5. The highest BCUT2D eigenvalue weighted by Gasteiger charge is 2.48. The van der Waals surface area contributed by atoms with E-state index in [0.29, 0.717) is 41.6 Å². The first kappa shape index (κ1) is 28.9. The molecule has 3 fully saturated rings. The molecular formula is C37H45N5O2. The van der Waals surface area contributed by atoms with Gasteiger partial charge in [0, 0.05) is 35.2 Å². The average Bonchev–Trinajstić information content (AvgIpc) is 3.76. The van der Waals surface area contributed by atoms with Gasteiger partial charge in [-0.25, -0.2) is 9.48 Å². The van der Waals surface area contributed by atoms with Crippen LogP contribution in [0.25, 0.3) is 5.69 Å². The van der Waals surface area contributed by atoms with E-state index in [1.807, 2.05) is 42.5 Å². The zero-order valence-corrected chi connectivity index (χ0v) is 26.4. The number of fused-ring (bicyclic) bond motifs is 4. The number of aromatic nitrogens is 2. The van der Waals surface area contributed by atoms with Crippen LogP contribution in [0.3, 0.4) is 0 Å². The lowest BCUT2D eigenvalue weighted by molar-refractivity contribution is -0.141. The normalized spacial score (nSPS) is 27.1. The minimum atomic E-state index is -0.295. The van der Waals surface area contributed by atoms with Gasteiger partial charge in [-0.3, -0.25) is 10.1 Å². The van der Waals surface area contributed by atoms with Crippen LogP contribution in [0.1, 0.15) is 76.1 Å². The Balaban J connectivity index is 0.994. The van der Waals surface area contributed by atoms with Crippen LogP contribution in [-0.4, -0.2) is 38.7 Å². The summed E-state index contributed by atoms with van der Waals surface area (Å²) in [6.45, 7) is 8.41. The number of piperidine rings is 1. The number of carbonyl (C=O) groups is 2. The van der Waals surface area contributed by atoms with Gasteiger partial charge < -0.3 is 10.2 Å². The molecule has 5 atom stereocenters. The number of nitrogens with one attached hydrogen (secondary N) is 2. The molecule has 5 unspecified atom stereocenters. The van der Waals surface area contributed by atoms with E-state index in [-0.39, 0.29) is 17.4 Å². The first-order chi connectivity index (χ1) is 21.1. The van der Waals surface area contributed by atoms with Crippen molar-refractivity contribution < 1.29 is 9.59 Å². The molecular weight excluding hydrogens is 546 g/mol. The second-order valence-corrected chi connectivity index (χ2v) is 14.8. The summed E-state index contributed by atoms with van der Waals surface area (Å²) in [5.41, 5.74) is 4.82. The fourth-order valence-electron chi connectivity index (χ4n) is 8.18. The third kappa shape index (κ3) is 5.69. The Hall–Kier alpha value is -3.87. The minimum Gasteiger partial charge on any atom is -0.336 e. The van der Waals surface area contributed by atoms with Gasteiger partial charge in [0.25, 0.3) is 0 Å². The molecule has 2 saturated heterocycles. The summed E-state index contributed by atoms with van der Waals surface area (Å²) < 4.78 is 1.80. The van der Waals surface area contributed by atoms with Crippen molar-refractivity contribution in [3.8, 4) is 5.69 Å². The summed E-state index contributed by atoms with van der Waals surface area (Å²) in [5.74, 6) is 2.94. The lowest BCUT2D eigenvalue weighted by Crippen LogP contribution is -2.49. The molecule has 3 amide bonds. The number of aryl methyl sites for hydroxylation is 1. The number of hydrogen-bond acceptors (Lipinski definition) is 3. The van der Waals surface area contributed by atoms with Crippen molar-refractivity contribution in [2.24, 2.45) is 23.7 Å². The Kier molecular flexibility index (Phi) is 7.38. The largest absolute Gasteiger partial charge is 0.336 e. The smallest absolute Gasteiger partial charge is 0.324 e. The molecule has 1 saturated carbocycles. The number of benzene rings is 2. The van der Waals surface area contributed by atoms with Crippen molar-refractivity contribution in [2.75, 3.05) is 10.6 Å². The van der Waals surface area contributed by atoms with Gasteiger partial charge in [-0.15, -0.1) is 0 Å². The maximum Gasteiger partial charge on any atom is 0.324 e. The van der Waals surface area contributed by atoms with Crippen molar-refractivity contribution in [3.05, 3.63) is 83.6 Å². The molecule has 44 heavy (non-hydrogen) atoms. The van der Waals surface area contributed by atoms with Crippen molar-refractivity contribution in [2.45, 2.75) is 90.1 Å². The van der Waals surface area contributed by atoms with E-state index in [1.54, 1.807) is 4.68 Å². The second-order valence-electron chi connectivity index (χ2n) is 14.8. The third-order valence-electron chi connectivity index (χ3n) is 10.4. The van der Waals surface area contributed by atoms with Crippen LogP contribution in [0, 0.1) is 30.6 Å². The van der Waals surface area contributed by atoms with Crippen LogP contribution in [0.2, 0.25) is 0 Å². The van der Waals surface area contributed by atoms with Gasteiger partial charge in [0.1, 0.15) is 5.82 Å². The Morgan fingerprint density at radius 3 is 2.32 bits per heavy atom. The average molecular weight is 592 g/mol. The zero-order chi connectivity index (χ0) is 30.6. The van der Waals surface area contributed by atoms with Crippen LogP contribution in [0.4, 0.5) is 16.3 Å². The predicted molar refractivity (Wildman–Crippen MR) is 175 cm³/mol. The van der Waals surface area contributed by atoms with Crippen LogP contribution in [-0.2, 0) is 16.6 Å². The number of hydrogen-bond donors (Lipinski definition) is 2. The number of anilines is 2. The molecule has 4 bridgehead atoms. The summed E-state index contributed by atoms with van der Waals surface area (Å²) in [4.78, 5) is 29.1. The summed E-state index contributed by atoms with van der Waals surface area (Å²) in [6, 6.07) is 18.8. The van der Waals surface area contributed by atoms with Gasteiger partial charge >= 0.3 is 6.03 Å². The van der Waals surface area contributed by atoms with E-state index < -0.39 is 0 Å². The highest BCUT2D eigenvalue weighted by atomic mass is 16.2. The molecule has 3 aromatic rings. The van der Waals surface area contributed by atoms with Crippen molar-refractivity contribution >= 4 is 23.4 Å². The molecule has 2 aliphatic heterocycles. The predicted octanol–water partition coefficient (Wildman–Crippen LogP) is 7.65. The van der Waals surface area contributed by atoms with Gasteiger partial charge in [0.15, 0.2) is 0 Å². The number of allylic oxidation sites excluding steroid dienone is 2. The van der Waals surface area contributed by atoms with Crippen LogP contribution >= 0.6 is 0 Å². The number of urea groups is 1. The van der Waals surface area contributed by atoms with E-state index in [2.05, 4.69) is 67.5 Å². The fourth-order valence-corrected chi connectivity index (χ4v) is 8.18. The second kappa shape index (κ2) is 11.2. The van der Waals surface area contributed by atoms with Gasteiger partial charge in [-0.2, -0.15) is 5.10 Å². The Bertz CT molecular complexity index is 1570. The van der Waals surface area contributed by atoms with Gasteiger partial charge in [0.2, 0.25) is 5.91 Å². The van der Waals surface area contributed by atoms with E-state index in [0.717, 1.165) is 55.6 Å². The molecule has 7 rings (SSSR count). The molecule has 1 aromatic heterocycles. The molecule has 0 radical (unpaired) electrons. The lowest BCUT2D eigenvalue weighted by Gasteiger charge is -2.41. The quantitative estimate of drug-likeness (QED) is 0.289.